The standard InChI is InChI=1S/C40H28N2O6/c1-40(27-5-3-2-4-6-27,28-7-15-32(16-8-28)47-34-19-11-30(12-20-34)41-36(43)23-24-37(41)44)29-9-17-33(18-10-29)48-35-21-13-31(14-22-35)42-38(45)25-26-39(42)46/h2-26H,1H3. The second kappa shape index (κ2) is 12.3. The van der Waals surface area contributed by atoms with Gasteiger partial charge in [0.15, 0.2) is 0 Å². The molecule has 2 aliphatic heterocycles. The normalized spacial score (nSPS) is 14.3. The minimum Gasteiger partial charge on any atom is -0.457 e. The van der Waals surface area contributed by atoms with Gasteiger partial charge in [-0.05, 0) is 96.4 Å². The van der Waals surface area contributed by atoms with Crippen molar-refractivity contribution in [3.05, 3.63) is 168 Å². The number of hydrogen-bond acceptors (Lipinski definition) is 6. The number of amides is 4. The summed E-state index contributed by atoms with van der Waals surface area (Å²) in [4.78, 5) is 50.2. The minimum atomic E-state index is -0.507. The Kier molecular flexibility index (Phi) is 7.74. The molecule has 0 saturated heterocycles. The Labute approximate surface area is 276 Å². The fraction of sp³-hybridized carbons (Fsp3) is 0.0500. The van der Waals surface area contributed by atoms with E-state index in [9.17, 15) is 19.2 Å². The van der Waals surface area contributed by atoms with Crippen molar-refractivity contribution in [2.24, 2.45) is 0 Å². The monoisotopic (exact) mass is 632 g/mol. The van der Waals surface area contributed by atoms with Crippen LogP contribution in [0.15, 0.2) is 152 Å². The van der Waals surface area contributed by atoms with Crippen LogP contribution >= 0.6 is 0 Å². The second-order valence-electron chi connectivity index (χ2n) is 11.4. The third-order valence-electron chi connectivity index (χ3n) is 8.49. The van der Waals surface area contributed by atoms with Crippen molar-refractivity contribution in [2.75, 3.05) is 9.80 Å². The number of benzene rings is 5. The van der Waals surface area contributed by atoms with Gasteiger partial charge in [0.1, 0.15) is 23.0 Å². The third kappa shape index (κ3) is 5.67. The largest absolute Gasteiger partial charge is 0.457 e. The van der Waals surface area contributed by atoms with Crippen molar-refractivity contribution in [1.29, 1.82) is 0 Å². The Bertz CT molecular complexity index is 1920. The van der Waals surface area contributed by atoms with Crippen LogP contribution in [0.4, 0.5) is 11.4 Å². The molecule has 5 aromatic rings. The lowest BCUT2D eigenvalue weighted by Gasteiger charge is -2.32. The Morgan fingerprint density at radius 1 is 0.396 bits per heavy atom. The number of hydrogen-bond donors (Lipinski definition) is 0. The van der Waals surface area contributed by atoms with Gasteiger partial charge in [0.2, 0.25) is 0 Å². The van der Waals surface area contributed by atoms with Crippen molar-refractivity contribution >= 4 is 35.0 Å². The van der Waals surface area contributed by atoms with Gasteiger partial charge in [-0.2, -0.15) is 0 Å². The number of carbonyl (C=O) groups is 4. The molecule has 0 aliphatic carbocycles. The fourth-order valence-electron chi connectivity index (χ4n) is 5.89. The molecule has 2 heterocycles. The molecule has 7 rings (SSSR count). The van der Waals surface area contributed by atoms with Crippen LogP contribution in [0.5, 0.6) is 23.0 Å². The van der Waals surface area contributed by atoms with Gasteiger partial charge in [-0.1, -0.05) is 54.6 Å². The molecule has 2 aliphatic rings. The topological polar surface area (TPSA) is 93.2 Å². The summed E-state index contributed by atoms with van der Waals surface area (Å²) >= 11 is 0. The first-order valence-corrected chi connectivity index (χ1v) is 15.2. The summed E-state index contributed by atoms with van der Waals surface area (Å²) in [6, 6.07) is 39.7. The van der Waals surface area contributed by atoms with E-state index in [1.54, 1.807) is 48.5 Å². The average Bonchev–Trinajstić information content (AvgIpc) is 3.64. The van der Waals surface area contributed by atoms with Crippen molar-refractivity contribution in [3.63, 3.8) is 0 Å². The number of carbonyl (C=O) groups excluding carboxylic acids is 4. The molecular formula is C40H28N2O6. The molecule has 48 heavy (non-hydrogen) atoms. The number of rotatable bonds is 9. The lowest BCUT2D eigenvalue weighted by atomic mass is 9.71. The molecule has 0 atom stereocenters. The van der Waals surface area contributed by atoms with Crippen LogP contribution in [0.25, 0.3) is 0 Å². The highest BCUT2D eigenvalue weighted by Gasteiger charge is 2.31. The SMILES string of the molecule is CC(c1ccccc1)(c1ccc(Oc2ccc(N3C(=O)C=CC3=O)cc2)cc1)c1ccc(Oc2ccc(N3C(=O)C=CC3=O)cc2)cc1. The van der Waals surface area contributed by atoms with Crippen LogP contribution in [0.1, 0.15) is 23.6 Å². The first-order valence-electron chi connectivity index (χ1n) is 15.2. The maximum atomic E-state index is 12.0. The molecule has 5 aromatic carbocycles. The van der Waals surface area contributed by atoms with E-state index in [-0.39, 0.29) is 23.6 Å². The number of ether oxygens (including phenoxy) is 2. The van der Waals surface area contributed by atoms with Gasteiger partial charge in [0, 0.05) is 29.7 Å². The quantitative estimate of drug-likeness (QED) is 0.124. The van der Waals surface area contributed by atoms with Gasteiger partial charge in [-0.15, -0.1) is 0 Å². The predicted octanol–water partition coefficient (Wildman–Crippen LogP) is 7.48. The molecule has 0 bridgehead atoms. The summed E-state index contributed by atoms with van der Waals surface area (Å²) in [5.41, 5.74) is 3.68. The van der Waals surface area contributed by atoms with Gasteiger partial charge in [0.05, 0.1) is 11.4 Å². The molecule has 4 amide bonds. The van der Waals surface area contributed by atoms with Crippen LogP contribution in [0, 0.1) is 0 Å². The molecule has 0 unspecified atom stereocenters. The molecular weight excluding hydrogens is 604 g/mol. The summed E-state index contributed by atoms with van der Waals surface area (Å²) in [5, 5.41) is 0. The molecule has 0 radical (unpaired) electrons. The highest BCUT2D eigenvalue weighted by molar-refractivity contribution is 6.28. The van der Waals surface area contributed by atoms with E-state index in [0.717, 1.165) is 26.5 Å². The Morgan fingerprint density at radius 3 is 1.02 bits per heavy atom. The second-order valence-corrected chi connectivity index (χ2v) is 11.4. The molecule has 0 aromatic heterocycles. The smallest absolute Gasteiger partial charge is 0.258 e. The molecule has 0 N–H and O–H groups in total. The van der Waals surface area contributed by atoms with Crippen molar-refractivity contribution < 1.29 is 28.7 Å². The molecule has 234 valence electrons. The summed E-state index contributed by atoms with van der Waals surface area (Å²) in [7, 11) is 0. The van der Waals surface area contributed by atoms with Crippen molar-refractivity contribution in [2.45, 2.75) is 12.3 Å². The summed E-state index contributed by atoms with van der Waals surface area (Å²) in [6.45, 7) is 2.18. The van der Waals surface area contributed by atoms with E-state index in [1.807, 2.05) is 66.7 Å². The van der Waals surface area contributed by atoms with Gasteiger partial charge in [0.25, 0.3) is 23.6 Å². The summed E-state index contributed by atoms with van der Waals surface area (Å²) in [6.07, 6.45) is 5.02. The van der Waals surface area contributed by atoms with Crippen LogP contribution in [-0.2, 0) is 24.6 Å². The zero-order valence-corrected chi connectivity index (χ0v) is 25.8. The number of anilines is 2. The van der Waals surface area contributed by atoms with E-state index < -0.39 is 5.41 Å². The first kappa shape index (κ1) is 30.1. The molecule has 8 nitrogen and oxygen atoms in total. The van der Waals surface area contributed by atoms with E-state index in [2.05, 4.69) is 19.1 Å². The van der Waals surface area contributed by atoms with E-state index in [1.165, 1.54) is 24.3 Å². The van der Waals surface area contributed by atoms with Crippen molar-refractivity contribution in [1.82, 2.24) is 0 Å². The van der Waals surface area contributed by atoms with E-state index >= 15 is 0 Å². The average molecular weight is 633 g/mol. The Balaban J connectivity index is 1.09. The molecule has 0 fully saturated rings. The first-order chi connectivity index (χ1) is 23.3. The predicted molar refractivity (Wildman–Crippen MR) is 181 cm³/mol. The summed E-state index contributed by atoms with van der Waals surface area (Å²) in [5.74, 6) is 0.957. The summed E-state index contributed by atoms with van der Waals surface area (Å²) < 4.78 is 12.2. The maximum absolute atomic E-state index is 12.0. The molecule has 8 heteroatoms. The fourth-order valence-corrected chi connectivity index (χ4v) is 5.89. The Morgan fingerprint density at radius 2 is 0.688 bits per heavy atom. The van der Waals surface area contributed by atoms with Gasteiger partial charge in [-0.3, -0.25) is 19.2 Å². The lowest BCUT2D eigenvalue weighted by molar-refractivity contribution is -0.121. The maximum Gasteiger partial charge on any atom is 0.258 e. The number of nitrogens with zero attached hydrogens (tertiary/aromatic N) is 2. The highest BCUT2D eigenvalue weighted by atomic mass is 16.5. The lowest BCUT2D eigenvalue weighted by Crippen LogP contribution is -2.29. The van der Waals surface area contributed by atoms with Gasteiger partial charge < -0.3 is 9.47 Å². The molecule has 0 saturated carbocycles. The molecule has 0 spiro atoms. The van der Waals surface area contributed by atoms with Crippen LogP contribution in [0.3, 0.4) is 0 Å². The Hall–Kier alpha value is -6.54. The third-order valence-corrected chi connectivity index (χ3v) is 8.49. The van der Waals surface area contributed by atoms with E-state index in [0.29, 0.717) is 34.4 Å². The highest BCUT2D eigenvalue weighted by Crippen LogP contribution is 2.40. The minimum absolute atomic E-state index is 0.368. The number of imide groups is 2. The van der Waals surface area contributed by atoms with E-state index in [4.69, 9.17) is 9.47 Å². The van der Waals surface area contributed by atoms with Crippen LogP contribution in [0.2, 0.25) is 0 Å². The van der Waals surface area contributed by atoms with Gasteiger partial charge in [-0.25, -0.2) is 9.80 Å². The van der Waals surface area contributed by atoms with Crippen LogP contribution < -0.4 is 19.3 Å². The van der Waals surface area contributed by atoms with Crippen LogP contribution in [-0.4, -0.2) is 23.6 Å². The van der Waals surface area contributed by atoms with Gasteiger partial charge >= 0.3 is 0 Å². The van der Waals surface area contributed by atoms with Crippen molar-refractivity contribution in [3.8, 4) is 23.0 Å². The zero-order valence-electron chi connectivity index (χ0n) is 25.8. The zero-order chi connectivity index (χ0) is 33.3.